The van der Waals surface area contributed by atoms with Crippen molar-refractivity contribution in [3.63, 3.8) is 0 Å². The molecule has 17 heavy (non-hydrogen) atoms. The number of carbonyl (C=O) groups excluding carboxylic acids is 1. The molecule has 1 fully saturated rings. The number of amides is 1. The second-order valence-electron chi connectivity index (χ2n) is 4.33. The van der Waals surface area contributed by atoms with Gasteiger partial charge >= 0.3 is 0 Å². The predicted octanol–water partition coefficient (Wildman–Crippen LogP) is 1.39. The lowest BCUT2D eigenvalue weighted by molar-refractivity contribution is -0.144. The molecule has 2 rings (SSSR count). The SMILES string of the molecule is C[C@H]1CN(C(=O)CCN)C[C@@H](c2ccsc2)O1. The van der Waals surface area contributed by atoms with Gasteiger partial charge in [0, 0.05) is 19.5 Å². The summed E-state index contributed by atoms with van der Waals surface area (Å²) in [6.07, 6.45) is 0.505. The summed E-state index contributed by atoms with van der Waals surface area (Å²) in [5.74, 6) is 0.128. The van der Waals surface area contributed by atoms with Crippen molar-refractivity contribution in [1.29, 1.82) is 0 Å². The molecule has 0 aliphatic carbocycles. The van der Waals surface area contributed by atoms with Crippen molar-refractivity contribution in [3.05, 3.63) is 22.4 Å². The Morgan fingerprint density at radius 2 is 2.47 bits per heavy atom. The molecule has 2 heterocycles. The maximum atomic E-state index is 11.9. The van der Waals surface area contributed by atoms with Gasteiger partial charge in [-0.2, -0.15) is 11.3 Å². The summed E-state index contributed by atoms with van der Waals surface area (Å²) >= 11 is 1.65. The first kappa shape index (κ1) is 12.5. The number of nitrogens with zero attached hydrogens (tertiary/aromatic N) is 1. The molecule has 1 saturated heterocycles. The maximum Gasteiger partial charge on any atom is 0.224 e. The molecule has 0 aromatic carbocycles. The van der Waals surface area contributed by atoms with Crippen LogP contribution in [0.25, 0.3) is 0 Å². The van der Waals surface area contributed by atoms with Gasteiger partial charge in [-0.3, -0.25) is 4.79 Å². The molecule has 1 amide bonds. The highest BCUT2D eigenvalue weighted by atomic mass is 32.1. The second kappa shape index (κ2) is 5.62. The van der Waals surface area contributed by atoms with Gasteiger partial charge in [0.25, 0.3) is 0 Å². The van der Waals surface area contributed by atoms with Gasteiger partial charge in [-0.05, 0) is 29.3 Å². The molecule has 2 N–H and O–H groups in total. The van der Waals surface area contributed by atoms with Crippen LogP contribution in [0, 0.1) is 0 Å². The maximum absolute atomic E-state index is 11.9. The standard InChI is InChI=1S/C12H18N2O2S/c1-9-6-14(12(15)2-4-13)7-11(16-9)10-3-5-17-8-10/h3,5,8-9,11H,2,4,6-7,13H2,1H3/t9-,11-/m0/s1. The average molecular weight is 254 g/mol. The van der Waals surface area contributed by atoms with Gasteiger partial charge in [-0.25, -0.2) is 0 Å². The minimum Gasteiger partial charge on any atom is -0.367 e. The van der Waals surface area contributed by atoms with E-state index in [4.69, 9.17) is 10.5 Å². The first-order chi connectivity index (χ1) is 8.20. The molecule has 0 saturated carbocycles. The lowest BCUT2D eigenvalue weighted by atomic mass is 10.1. The molecule has 94 valence electrons. The van der Waals surface area contributed by atoms with Crippen molar-refractivity contribution in [3.8, 4) is 0 Å². The molecule has 1 aliphatic rings. The topological polar surface area (TPSA) is 55.6 Å². The smallest absolute Gasteiger partial charge is 0.224 e. The van der Waals surface area contributed by atoms with Crippen LogP contribution in [0.4, 0.5) is 0 Å². The van der Waals surface area contributed by atoms with Gasteiger partial charge in [-0.1, -0.05) is 0 Å². The summed E-state index contributed by atoms with van der Waals surface area (Å²) in [7, 11) is 0. The Bertz CT molecular complexity index is 367. The fourth-order valence-electron chi connectivity index (χ4n) is 2.08. The molecular weight excluding hydrogens is 236 g/mol. The molecule has 0 radical (unpaired) electrons. The number of rotatable bonds is 3. The van der Waals surface area contributed by atoms with Gasteiger partial charge in [-0.15, -0.1) is 0 Å². The number of ether oxygens (including phenoxy) is 1. The van der Waals surface area contributed by atoms with E-state index in [-0.39, 0.29) is 18.1 Å². The lowest BCUT2D eigenvalue weighted by Crippen LogP contribution is -2.46. The van der Waals surface area contributed by atoms with Gasteiger partial charge in [0.2, 0.25) is 5.91 Å². The number of hydrogen-bond acceptors (Lipinski definition) is 4. The number of nitrogens with two attached hydrogens (primary N) is 1. The van der Waals surface area contributed by atoms with Crippen LogP contribution in [0.15, 0.2) is 16.8 Å². The highest BCUT2D eigenvalue weighted by Crippen LogP contribution is 2.26. The quantitative estimate of drug-likeness (QED) is 0.886. The third-order valence-corrected chi connectivity index (χ3v) is 3.59. The Morgan fingerprint density at radius 3 is 3.12 bits per heavy atom. The minimum absolute atomic E-state index is 0.00623. The molecule has 0 bridgehead atoms. The second-order valence-corrected chi connectivity index (χ2v) is 5.11. The molecule has 1 aromatic heterocycles. The van der Waals surface area contributed by atoms with Crippen molar-refractivity contribution in [2.75, 3.05) is 19.6 Å². The average Bonchev–Trinajstić information content (AvgIpc) is 2.82. The molecule has 2 atom stereocenters. The lowest BCUT2D eigenvalue weighted by Gasteiger charge is -2.36. The fraction of sp³-hybridized carbons (Fsp3) is 0.583. The highest BCUT2D eigenvalue weighted by molar-refractivity contribution is 7.07. The van der Waals surface area contributed by atoms with E-state index < -0.39 is 0 Å². The van der Waals surface area contributed by atoms with Crippen molar-refractivity contribution >= 4 is 17.2 Å². The van der Waals surface area contributed by atoms with E-state index in [1.807, 2.05) is 17.2 Å². The predicted molar refractivity (Wildman–Crippen MR) is 67.9 cm³/mol. The zero-order valence-electron chi connectivity index (χ0n) is 9.96. The largest absolute Gasteiger partial charge is 0.367 e. The monoisotopic (exact) mass is 254 g/mol. The number of carbonyl (C=O) groups is 1. The van der Waals surface area contributed by atoms with Crippen molar-refractivity contribution < 1.29 is 9.53 Å². The van der Waals surface area contributed by atoms with Gasteiger partial charge < -0.3 is 15.4 Å². The Hall–Kier alpha value is -0.910. The highest BCUT2D eigenvalue weighted by Gasteiger charge is 2.28. The Balaban J connectivity index is 2.04. The van der Waals surface area contributed by atoms with E-state index in [1.165, 1.54) is 0 Å². The van der Waals surface area contributed by atoms with Crippen LogP contribution in [0.2, 0.25) is 0 Å². The van der Waals surface area contributed by atoms with Gasteiger partial charge in [0.05, 0.1) is 12.6 Å². The first-order valence-corrected chi connectivity index (χ1v) is 6.80. The summed E-state index contributed by atoms with van der Waals surface area (Å²) in [6, 6.07) is 2.05. The minimum atomic E-state index is 0.00623. The van der Waals surface area contributed by atoms with Gasteiger partial charge in [0.15, 0.2) is 0 Å². The Morgan fingerprint density at radius 1 is 1.65 bits per heavy atom. The van der Waals surface area contributed by atoms with Crippen molar-refractivity contribution in [2.24, 2.45) is 5.73 Å². The van der Waals surface area contributed by atoms with E-state index in [0.717, 1.165) is 5.56 Å². The summed E-state index contributed by atoms with van der Waals surface area (Å²) in [5, 5.41) is 4.11. The summed E-state index contributed by atoms with van der Waals surface area (Å²) < 4.78 is 5.87. The summed E-state index contributed by atoms with van der Waals surface area (Å²) in [4.78, 5) is 13.7. The fourth-order valence-corrected chi connectivity index (χ4v) is 2.78. The van der Waals surface area contributed by atoms with Crippen LogP contribution in [-0.2, 0) is 9.53 Å². The van der Waals surface area contributed by atoms with Crippen LogP contribution in [0.3, 0.4) is 0 Å². The number of hydrogen-bond donors (Lipinski definition) is 1. The first-order valence-electron chi connectivity index (χ1n) is 5.86. The van der Waals surface area contributed by atoms with Crippen LogP contribution in [-0.4, -0.2) is 36.5 Å². The van der Waals surface area contributed by atoms with E-state index in [1.54, 1.807) is 11.3 Å². The van der Waals surface area contributed by atoms with E-state index in [2.05, 4.69) is 11.4 Å². The molecular formula is C12H18N2O2S. The molecule has 0 unspecified atom stereocenters. The van der Waals surface area contributed by atoms with Crippen LogP contribution in [0.1, 0.15) is 25.0 Å². The molecule has 4 nitrogen and oxygen atoms in total. The van der Waals surface area contributed by atoms with Crippen molar-refractivity contribution in [2.45, 2.75) is 25.6 Å². The number of morpholine rings is 1. The van der Waals surface area contributed by atoms with Gasteiger partial charge in [0.1, 0.15) is 6.10 Å². The third-order valence-electron chi connectivity index (χ3n) is 2.89. The normalized spacial score (nSPS) is 24.9. The summed E-state index contributed by atoms with van der Waals surface area (Å²) in [5.41, 5.74) is 6.58. The summed E-state index contributed by atoms with van der Waals surface area (Å²) in [6.45, 7) is 3.72. The zero-order chi connectivity index (χ0) is 12.3. The zero-order valence-corrected chi connectivity index (χ0v) is 10.8. The van der Waals surface area contributed by atoms with Crippen LogP contribution < -0.4 is 5.73 Å². The third kappa shape index (κ3) is 3.06. The Labute approximate surface area is 105 Å². The Kier molecular flexibility index (Phi) is 4.15. The van der Waals surface area contributed by atoms with Crippen molar-refractivity contribution in [1.82, 2.24) is 4.90 Å². The molecule has 5 heteroatoms. The van der Waals surface area contributed by atoms with Crippen LogP contribution >= 0.6 is 11.3 Å². The van der Waals surface area contributed by atoms with E-state index in [9.17, 15) is 4.79 Å². The number of thiophene rings is 1. The van der Waals surface area contributed by atoms with E-state index in [0.29, 0.717) is 26.1 Å². The molecule has 1 aliphatic heterocycles. The van der Waals surface area contributed by atoms with Crippen LogP contribution in [0.5, 0.6) is 0 Å². The molecule has 1 aromatic rings. The van der Waals surface area contributed by atoms with E-state index >= 15 is 0 Å². The molecule has 0 spiro atoms.